The molecular formula is C27H32N4O2. The van der Waals surface area contributed by atoms with Gasteiger partial charge < -0.3 is 14.4 Å². The van der Waals surface area contributed by atoms with Crippen molar-refractivity contribution >= 4 is 28.5 Å². The number of amides is 2. The van der Waals surface area contributed by atoms with Gasteiger partial charge in [0.2, 0.25) is 11.8 Å². The summed E-state index contributed by atoms with van der Waals surface area (Å²) in [7, 11) is 0. The molecule has 1 atom stereocenters. The Bertz CT molecular complexity index is 1130. The molecule has 2 aliphatic rings. The standard InChI is InChI=1S/C27H32N4O2/c1-2-29(21-11-5-3-6-12-21)26(33)19-31-24-16-10-9-15-23(24)28-27(31)20-17-25(32)30(18-20)22-13-7-4-8-14-22/h3,5-6,9-12,15-16,20,22H,2,4,7-8,13-14,17-19H2,1H3. The van der Waals surface area contributed by atoms with Crippen LogP contribution in [0.5, 0.6) is 0 Å². The van der Waals surface area contributed by atoms with E-state index in [4.69, 9.17) is 4.98 Å². The molecule has 6 nitrogen and oxygen atoms in total. The number of likely N-dealkylation sites (N-methyl/N-ethyl adjacent to an activating group) is 1. The molecule has 2 heterocycles. The summed E-state index contributed by atoms with van der Waals surface area (Å²) < 4.78 is 2.05. The molecule has 1 saturated carbocycles. The molecule has 0 radical (unpaired) electrons. The highest BCUT2D eigenvalue weighted by molar-refractivity contribution is 5.94. The molecule has 0 N–H and O–H groups in total. The van der Waals surface area contributed by atoms with Crippen LogP contribution in [0.1, 0.15) is 57.2 Å². The van der Waals surface area contributed by atoms with Crippen LogP contribution in [0.4, 0.5) is 5.69 Å². The van der Waals surface area contributed by atoms with Gasteiger partial charge in [-0.25, -0.2) is 4.98 Å². The minimum Gasteiger partial charge on any atom is -0.339 e. The van der Waals surface area contributed by atoms with Crippen LogP contribution in [0, 0.1) is 0 Å². The van der Waals surface area contributed by atoms with E-state index in [0.717, 1.165) is 35.4 Å². The van der Waals surface area contributed by atoms with Crippen LogP contribution < -0.4 is 4.90 Å². The first-order valence-electron chi connectivity index (χ1n) is 12.3. The highest BCUT2D eigenvalue weighted by atomic mass is 16.2. The summed E-state index contributed by atoms with van der Waals surface area (Å²) in [5.74, 6) is 1.14. The third-order valence-electron chi connectivity index (χ3n) is 7.20. The van der Waals surface area contributed by atoms with Crippen LogP contribution in [-0.2, 0) is 16.1 Å². The largest absolute Gasteiger partial charge is 0.339 e. The Morgan fingerprint density at radius 3 is 2.52 bits per heavy atom. The van der Waals surface area contributed by atoms with Crippen molar-refractivity contribution in [1.29, 1.82) is 0 Å². The van der Waals surface area contributed by atoms with E-state index >= 15 is 0 Å². The second-order valence-electron chi connectivity index (χ2n) is 9.26. The monoisotopic (exact) mass is 444 g/mol. The molecule has 2 aromatic carbocycles. The number of benzene rings is 2. The molecule has 3 aromatic rings. The van der Waals surface area contributed by atoms with Crippen LogP contribution in [-0.4, -0.2) is 45.4 Å². The highest BCUT2D eigenvalue weighted by Crippen LogP contribution is 2.34. The second kappa shape index (κ2) is 9.38. The third-order valence-corrected chi connectivity index (χ3v) is 7.20. The van der Waals surface area contributed by atoms with Crippen LogP contribution >= 0.6 is 0 Å². The maximum absolute atomic E-state index is 13.4. The molecular weight excluding hydrogens is 412 g/mol. The SMILES string of the molecule is CCN(C(=O)Cn1c(C2CC(=O)N(C3CCCCC3)C2)nc2ccccc21)c1ccccc1. The normalized spacial score (nSPS) is 19.4. The molecule has 0 spiro atoms. The Hall–Kier alpha value is -3.15. The predicted octanol–water partition coefficient (Wildman–Crippen LogP) is 4.74. The number of carbonyl (C=O) groups excluding carboxylic acids is 2. The fourth-order valence-corrected chi connectivity index (χ4v) is 5.55. The maximum atomic E-state index is 13.4. The molecule has 5 rings (SSSR count). The molecule has 0 bridgehead atoms. The number of rotatable bonds is 6. The summed E-state index contributed by atoms with van der Waals surface area (Å²) in [6.07, 6.45) is 6.38. The fraction of sp³-hybridized carbons (Fsp3) is 0.444. The van der Waals surface area contributed by atoms with E-state index < -0.39 is 0 Å². The Labute approximate surface area is 195 Å². The number of para-hydroxylation sites is 3. The molecule has 6 heteroatoms. The van der Waals surface area contributed by atoms with Gasteiger partial charge in [0.25, 0.3) is 0 Å². The van der Waals surface area contributed by atoms with Gasteiger partial charge in [-0.3, -0.25) is 9.59 Å². The van der Waals surface area contributed by atoms with Crippen molar-refractivity contribution in [2.75, 3.05) is 18.0 Å². The molecule has 1 aliphatic heterocycles. The lowest BCUT2D eigenvalue weighted by Gasteiger charge is -2.31. The van der Waals surface area contributed by atoms with Gasteiger partial charge in [0.05, 0.1) is 11.0 Å². The average molecular weight is 445 g/mol. The molecule has 2 amide bonds. The van der Waals surface area contributed by atoms with E-state index in [1.807, 2.05) is 71.0 Å². The topological polar surface area (TPSA) is 58.4 Å². The number of hydrogen-bond acceptors (Lipinski definition) is 3. The number of anilines is 1. The zero-order valence-corrected chi connectivity index (χ0v) is 19.3. The van der Waals surface area contributed by atoms with Gasteiger partial charge in [-0.15, -0.1) is 0 Å². The summed E-state index contributed by atoms with van der Waals surface area (Å²) in [6.45, 7) is 3.52. The van der Waals surface area contributed by atoms with Gasteiger partial charge in [-0.1, -0.05) is 49.6 Å². The first-order valence-corrected chi connectivity index (χ1v) is 12.3. The van der Waals surface area contributed by atoms with Crippen LogP contribution in [0.2, 0.25) is 0 Å². The van der Waals surface area contributed by atoms with E-state index in [1.165, 1.54) is 19.3 Å². The lowest BCUT2D eigenvalue weighted by atomic mass is 9.94. The van der Waals surface area contributed by atoms with Crippen LogP contribution in [0.3, 0.4) is 0 Å². The molecule has 33 heavy (non-hydrogen) atoms. The third kappa shape index (κ3) is 4.26. The number of likely N-dealkylation sites (tertiary alicyclic amines) is 1. The summed E-state index contributed by atoms with van der Waals surface area (Å²) in [5.41, 5.74) is 2.73. The minimum atomic E-state index is 0.0198. The van der Waals surface area contributed by atoms with Crippen molar-refractivity contribution in [2.45, 2.75) is 64.0 Å². The average Bonchev–Trinajstić information content (AvgIpc) is 3.41. The number of imidazole rings is 1. The first-order chi connectivity index (χ1) is 16.2. The number of hydrogen-bond donors (Lipinski definition) is 0. The summed E-state index contributed by atoms with van der Waals surface area (Å²) in [6, 6.07) is 18.1. The van der Waals surface area contributed by atoms with Gasteiger partial charge in [0.1, 0.15) is 12.4 Å². The Morgan fingerprint density at radius 1 is 1.03 bits per heavy atom. The van der Waals surface area contributed by atoms with Crippen molar-refractivity contribution in [3.05, 3.63) is 60.4 Å². The summed E-state index contributed by atoms with van der Waals surface area (Å²) in [5, 5.41) is 0. The van der Waals surface area contributed by atoms with Gasteiger partial charge in [-0.2, -0.15) is 0 Å². The second-order valence-corrected chi connectivity index (χ2v) is 9.26. The zero-order chi connectivity index (χ0) is 22.8. The smallest absolute Gasteiger partial charge is 0.246 e. The van der Waals surface area contributed by atoms with E-state index in [-0.39, 0.29) is 24.3 Å². The lowest BCUT2D eigenvalue weighted by Crippen LogP contribution is -2.38. The van der Waals surface area contributed by atoms with Crippen molar-refractivity contribution in [3.8, 4) is 0 Å². The number of fused-ring (bicyclic) bond motifs is 1. The first kappa shape index (κ1) is 21.7. The Morgan fingerprint density at radius 2 is 1.76 bits per heavy atom. The highest BCUT2D eigenvalue weighted by Gasteiger charge is 2.38. The Kier molecular flexibility index (Phi) is 6.16. The molecule has 1 unspecified atom stereocenters. The number of nitrogens with zero attached hydrogens (tertiary/aromatic N) is 4. The fourth-order valence-electron chi connectivity index (χ4n) is 5.55. The molecule has 1 saturated heterocycles. The van der Waals surface area contributed by atoms with Gasteiger partial charge >= 0.3 is 0 Å². The number of aromatic nitrogens is 2. The predicted molar refractivity (Wildman–Crippen MR) is 130 cm³/mol. The van der Waals surface area contributed by atoms with Crippen LogP contribution in [0.25, 0.3) is 11.0 Å². The summed E-state index contributed by atoms with van der Waals surface area (Å²) >= 11 is 0. The molecule has 1 aliphatic carbocycles. The van der Waals surface area contributed by atoms with Gasteiger partial charge in [0.15, 0.2) is 0 Å². The Balaban J connectivity index is 1.44. The minimum absolute atomic E-state index is 0.0198. The van der Waals surface area contributed by atoms with E-state index in [9.17, 15) is 9.59 Å². The van der Waals surface area contributed by atoms with E-state index in [1.54, 1.807) is 0 Å². The maximum Gasteiger partial charge on any atom is 0.246 e. The number of carbonyl (C=O) groups is 2. The van der Waals surface area contributed by atoms with Crippen molar-refractivity contribution < 1.29 is 9.59 Å². The molecule has 1 aromatic heterocycles. The van der Waals surface area contributed by atoms with Crippen LogP contribution in [0.15, 0.2) is 54.6 Å². The summed E-state index contributed by atoms with van der Waals surface area (Å²) in [4.78, 5) is 35.2. The van der Waals surface area contributed by atoms with Crippen molar-refractivity contribution in [2.24, 2.45) is 0 Å². The van der Waals surface area contributed by atoms with Gasteiger partial charge in [-0.05, 0) is 44.0 Å². The quantitative estimate of drug-likeness (QED) is 0.552. The van der Waals surface area contributed by atoms with Crippen molar-refractivity contribution in [1.82, 2.24) is 14.5 Å². The van der Waals surface area contributed by atoms with E-state index in [2.05, 4.69) is 4.90 Å². The van der Waals surface area contributed by atoms with Gasteiger partial charge in [0, 0.05) is 37.2 Å². The van der Waals surface area contributed by atoms with E-state index in [0.29, 0.717) is 25.6 Å². The van der Waals surface area contributed by atoms with Crippen molar-refractivity contribution in [3.63, 3.8) is 0 Å². The molecule has 2 fully saturated rings. The zero-order valence-electron chi connectivity index (χ0n) is 19.3. The lowest BCUT2D eigenvalue weighted by molar-refractivity contribution is -0.130. The molecule has 172 valence electrons.